The van der Waals surface area contributed by atoms with Crippen LogP contribution in [-0.2, 0) is 14.3 Å². The van der Waals surface area contributed by atoms with Crippen molar-refractivity contribution in [1.29, 1.82) is 0 Å². The molecule has 0 spiro atoms. The van der Waals surface area contributed by atoms with Crippen LogP contribution in [0, 0.1) is 0 Å². The molecule has 0 saturated carbocycles. The summed E-state index contributed by atoms with van der Waals surface area (Å²) in [4.78, 5) is 23.1. The van der Waals surface area contributed by atoms with E-state index in [4.69, 9.17) is 9.84 Å². The van der Waals surface area contributed by atoms with Crippen molar-refractivity contribution in [2.75, 3.05) is 0 Å². The predicted molar refractivity (Wildman–Crippen MR) is 176 cm³/mol. The Morgan fingerprint density at radius 1 is 0.561 bits per heavy atom. The highest BCUT2D eigenvalue weighted by atomic mass is 16.5. The summed E-state index contributed by atoms with van der Waals surface area (Å²) in [6, 6.07) is 0. The fourth-order valence-corrected chi connectivity index (χ4v) is 5.26. The number of ether oxygens (including phenoxy) is 1. The van der Waals surface area contributed by atoms with Crippen LogP contribution in [0.2, 0.25) is 0 Å². The molecule has 0 heterocycles. The topological polar surface area (TPSA) is 63.6 Å². The van der Waals surface area contributed by atoms with Crippen molar-refractivity contribution < 1.29 is 19.4 Å². The highest BCUT2D eigenvalue weighted by Crippen LogP contribution is 2.16. The third-order valence-corrected chi connectivity index (χ3v) is 7.89. The van der Waals surface area contributed by atoms with Gasteiger partial charge in [-0.1, -0.05) is 160 Å². The summed E-state index contributed by atoms with van der Waals surface area (Å²) in [7, 11) is 0. The number of carboxylic acids is 1. The second-order valence-corrected chi connectivity index (χ2v) is 12.1. The summed E-state index contributed by atoms with van der Waals surface area (Å²) in [5.74, 6) is -0.806. The molecule has 0 aromatic rings. The predicted octanol–water partition coefficient (Wildman–Crippen LogP) is 12.1. The van der Waals surface area contributed by atoms with Gasteiger partial charge in [0.15, 0.2) is 0 Å². The van der Waals surface area contributed by atoms with Crippen LogP contribution in [0.15, 0.2) is 24.3 Å². The van der Waals surface area contributed by atoms with Crippen LogP contribution in [0.4, 0.5) is 0 Å². The SMILES string of the molecule is CCC/C=C\C/C=C\C(CCCCCCC(=O)O)OC(=O)CCCCCCCCCCCCCCCCCCCC. The average Bonchev–Trinajstić information content (AvgIpc) is 2.95. The van der Waals surface area contributed by atoms with E-state index in [0.29, 0.717) is 6.42 Å². The lowest BCUT2D eigenvalue weighted by atomic mass is 10.0. The van der Waals surface area contributed by atoms with Crippen LogP contribution in [0.5, 0.6) is 0 Å². The summed E-state index contributed by atoms with van der Waals surface area (Å²) < 4.78 is 5.81. The highest BCUT2D eigenvalue weighted by Gasteiger charge is 2.11. The Balaban J connectivity index is 3.82. The minimum absolute atomic E-state index is 0.0801. The van der Waals surface area contributed by atoms with Crippen molar-refractivity contribution in [2.45, 2.75) is 200 Å². The first-order valence-electron chi connectivity index (χ1n) is 17.8. The molecule has 240 valence electrons. The molecule has 0 aromatic heterocycles. The summed E-state index contributed by atoms with van der Waals surface area (Å²) >= 11 is 0. The van der Waals surface area contributed by atoms with Gasteiger partial charge in [-0.05, 0) is 44.6 Å². The van der Waals surface area contributed by atoms with Crippen molar-refractivity contribution in [3.8, 4) is 0 Å². The molecule has 0 fully saturated rings. The van der Waals surface area contributed by atoms with Gasteiger partial charge in [0.1, 0.15) is 6.10 Å². The molecule has 0 saturated heterocycles. The van der Waals surface area contributed by atoms with Gasteiger partial charge >= 0.3 is 11.9 Å². The molecule has 4 heteroatoms. The monoisotopic (exact) mass is 577 g/mol. The third-order valence-electron chi connectivity index (χ3n) is 7.89. The van der Waals surface area contributed by atoms with Gasteiger partial charge in [-0.2, -0.15) is 0 Å². The summed E-state index contributed by atoms with van der Waals surface area (Å²) in [5, 5.41) is 8.78. The maximum Gasteiger partial charge on any atom is 0.306 e. The van der Waals surface area contributed by atoms with Crippen LogP contribution < -0.4 is 0 Å². The highest BCUT2D eigenvalue weighted by molar-refractivity contribution is 5.69. The van der Waals surface area contributed by atoms with Crippen molar-refractivity contribution in [2.24, 2.45) is 0 Å². The molecule has 1 N–H and O–H groups in total. The summed E-state index contributed by atoms with van der Waals surface area (Å²) in [5.41, 5.74) is 0. The maximum absolute atomic E-state index is 12.5. The maximum atomic E-state index is 12.5. The molecule has 0 bridgehead atoms. The van der Waals surface area contributed by atoms with E-state index in [9.17, 15) is 9.59 Å². The Bertz CT molecular complexity index is 624. The molecule has 0 amide bonds. The Labute approximate surface area is 255 Å². The van der Waals surface area contributed by atoms with E-state index >= 15 is 0 Å². The van der Waals surface area contributed by atoms with Gasteiger partial charge in [-0.3, -0.25) is 9.59 Å². The average molecular weight is 577 g/mol. The van der Waals surface area contributed by atoms with Crippen molar-refractivity contribution in [3.05, 3.63) is 24.3 Å². The number of esters is 1. The van der Waals surface area contributed by atoms with Gasteiger partial charge in [0.25, 0.3) is 0 Å². The van der Waals surface area contributed by atoms with Crippen LogP contribution in [0.3, 0.4) is 0 Å². The number of carbonyl (C=O) groups excluding carboxylic acids is 1. The van der Waals surface area contributed by atoms with E-state index in [-0.39, 0.29) is 18.5 Å². The lowest BCUT2D eigenvalue weighted by molar-refractivity contribution is -0.147. The minimum atomic E-state index is -0.726. The minimum Gasteiger partial charge on any atom is -0.481 e. The number of unbranched alkanes of at least 4 members (excludes halogenated alkanes) is 21. The first-order chi connectivity index (χ1) is 20.1. The lowest BCUT2D eigenvalue weighted by Gasteiger charge is -2.14. The molecule has 0 aliphatic heterocycles. The number of carbonyl (C=O) groups is 2. The van der Waals surface area contributed by atoms with Gasteiger partial charge in [-0.25, -0.2) is 0 Å². The number of rotatable bonds is 32. The number of hydrogen-bond acceptors (Lipinski definition) is 3. The zero-order chi connectivity index (χ0) is 30.1. The quantitative estimate of drug-likeness (QED) is 0.0491. The molecule has 4 nitrogen and oxygen atoms in total. The fraction of sp³-hybridized carbons (Fsp3) is 0.838. The largest absolute Gasteiger partial charge is 0.481 e. The first-order valence-corrected chi connectivity index (χ1v) is 17.8. The molecular formula is C37H68O4. The molecule has 1 atom stereocenters. The summed E-state index contributed by atoms with van der Waals surface area (Å²) in [6.07, 6.45) is 40.8. The Morgan fingerprint density at radius 2 is 1.02 bits per heavy atom. The number of aliphatic carboxylic acids is 1. The van der Waals surface area contributed by atoms with Crippen LogP contribution >= 0.6 is 0 Å². The van der Waals surface area contributed by atoms with Crippen LogP contribution in [-0.4, -0.2) is 23.1 Å². The van der Waals surface area contributed by atoms with Crippen LogP contribution in [0.1, 0.15) is 194 Å². The van der Waals surface area contributed by atoms with Crippen LogP contribution in [0.25, 0.3) is 0 Å². The Morgan fingerprint density at radius 3 is 1.51 bits per heavy atom. The van der Waals surface area contributed by atoms with Crippen molar-refractivity contribution in [1.82, 2.24) is 0 Å². The smallest absolute Gasteiger partial charge is 0.306 e. The van der Waals surface area contributed by atoms with Gasteiger partial charge in [0, 0.05) is 12.8 Å². The first kappa shape index (κ1) is 39.4. The van der Waals surface area contributed by atoms with Gasteiger partial charge < -0.3 is 9.84 Å². The number of allylic oxidation sites excluding steroid dienone is 3. The molecular weight excluding hydrogens is 508 g/mol. The van der Waals surface area contributed by atoms with E-state index < -0.39 is 5.97 Å². The second-order valence-electron chi connectivity index (χ2n) is 12.1. The summed E-state index contributed by atoms with van der Waals surface area (Å²) in [6.45, 7) is 4.46. The molecule has 0 aromatic carbocycles. The zero-order valence-electron chi connectivity index (χ0n) is 27.4. The molecule has 1 unspecified atom stereocenters. The van der Waals surface area contributed by atoms with Gasteiger partial charge in [0.2, 0.25) is 0 Å². The Hall–Kier alpha value is -1.58. The van der Waals surface area contributed by atoms with E-state index in [1.165, 1.54) is 103 Å². The fourth-order valence-electron chi connectivity index (χ4n) is 5.26. The molecule has 41 heavy (non-hydrogen) atoms. The zero-order valence-corrected chi connectivity index (χ0v) is 27.4. The second kappa shape index (κ2) is 32.9. The number of hydrogen-bond donors (Lipinski definition) is 1. The van der Waals surface area contributed by atoms with E-state index in [1.54, 1.807) is 0 Å². The van der Waals surface area contributed by atoms with Gasteiger partial charge in [0.05, 0.1) is 0 Å². The van der Waals surface area contributed by atoms with E-state index in [1.807, 2.05) is 6.08 Å². The Kier molecular flexibility index (Phi) is 31.7. The van der Waals surface area contributed by atoms with E-state index in [2.05, 4.69) is 32.1 Å². The third kappa shape index (κ3) is 32.8. The molecule has 0 aliphatic rings. The van der Waals surface area contributed by atoms with Gasteiger partial charge in [-0.15, -0.1) is 0 Å². The van der Waals surface area contributed by atoms with Crippen molar-refractivity contribution >= 4 is 11.9 Å². The normalized spacial score (nSPS) is 12.4. The lowest BCUT2D eigenvalue weighted by Crippen LogP contribution is -2.16. The van der Waals surface area contributed by atoms with E-state index in [0.717, 1.165) is 64.2 Å². The number of carboxylic acid groups (broad SMARTS) is 1. The molecule has 0 radical (unpaired) electrons. The molecule has 0 aliphatic carbocycles. The standard InChI is InChI=1S/C37H68O4/c1-3-5-7-9-11-12-13-14-15-16-17-18-19-20-21-22-24-30-34-37(40)41-35(31-27-23-10-8-6-4-2)32-28-25-26-29-33-36(38)39/h8,10,27,31,35H,3-7,9,11-26,28-30,32-34H2,1-2H3,(H,38,39)/b10-8-,31-27-. The van der Waals surface area contributed by atoms with Crippen molar-refractivity contribution in [3.63, 3.8) is 0 Å². The molecule has 0 rings (SSSR count).